The molecule has 1 N–H and O–H groups in total. The number of benzene rings is 1. The first-order valence-corrected chi connectivity index (χ1v) is 5.52. The predicted octanol–water partition coefficient (Wildman–Crippen LogP) is 1.47. The summed E-state index contributed by atoms with van der Waals surface area (Å²) in [5.74, 6) is 0. The van der Waals surface area contributed by atoms with E-state index in [1.165, 1.54) is 12.1 Å². The second-order valence-corrected chi connectivity index (χ2v) is 4.04. The monoisotopic (exact) mass is 249 g/mol. The molecule has 1 rings (SSSR count). The van der Waals surface area contributed by atoms with Crippen molar-refractivity contribution >= 4 is 5.69 Å². The molecule has 0 saturated heterocycles. The normalized spacial score (nSPS) is 12.1. The van der Waals surface area contributed by atoms with Crippen LogP contribution in [0, 0.1) is 21.4 Å². The first kappa shape index (κ1) is 14.1. The number of rotatable bonds is 6. The zero-order valence-electron chi connectivity index (χ0n) is 10.1. The Hall–Kier alpha value is -1.97. The maximum atomic E-state index is 10.6. The number of likely N-dealkylation sites (N-methyl/N-ethyl adjacent to an activating group) is 1. The average molecular weight is 249 g/mol. The predicted molar refractivity (Wildman–Crippen MR) is 65.8 cm³/mol. The van der Waals surface area contributed by atoms with Crippen molar-refractivity contribution in [2.24, 2.45) is 0 Å². The average Bonchev–Trinajstić information content (AvgIpc) is 2.36. The number of hydrogen-bond donors (Lipinski definition) is 1. The van der Waals surface area contributed by atoms with E-state index >= 15 is 0 Å². The molecule has 6 heteroatoms. The Labute approximate surface area is 105 Å². The summed E-state index contributed by atoms with van der Waals surface area (Å²) in [6.45, 7) is 0.894. The number of non-ortho nitro benzene ring substituents is 1. The van der Waals surface area contributed by atoms with Gasteiger partial charge in [-0.05, 0) is 12.6 Å². The summed E-state index contributed by atoms with van der Waals surface area (Å²) in [7, 11) is 1.79. The number of nitro groups is 1. The molecule has 0 aliphatic rings. The van der Waals surface area contributed by atoms with Crippen molar-refractivity contribution in [1.82, 2.24) is 4.90 Å². The molecular weight excluding hydrogens is 234 g/mol. The van der Waals surface area contributed by atoms with E-state index in [4.69, 9.17) is 5.26 Å². The lowest BCUT2D eigenvalue weighted by Crippen LogP contribution is -2.25. The Bertz CT molecular complexity index is 456. The minimum absolute atomic E-state index is 0.0359. The smallest absolute Gasteiger partial charge is 0.269 e. The van der Waals surface area contributed by atoms with Crippen LogP contribution >= 0.6 is 0 Å². The van der Waals surface area contributed by atoms with Crippen LogP contribution in [-0.4, -0.2) is 35.1 Å². The van der Waals surface area contributed by atoms with Crippen LogP contribution in [0.4, 0.5) is 5.69 Å². The number of nitrogens with zero attached hydrogens (tertiary/aromatic N) is 3. The molecule has 0 fully saturated rings. The van der Waals surface area contributed by atoms with Crippen molar-refractivity contribution < 1.29 is 10.0 Å². The summed E-state index contributed by atoms with van der Waals surface area (Å²) in [4.78, 5) is 11.9. The largest absolute Gasteiger partial charge is 0.387 e. The lowest BCUT2D eigenvalue weighted by Gasteiger charge is -2.19. The summed E-state index contributed by atoms with van der Waals surface area (Å²) < 4.78 is 0. The zero-order chi connectivity index (χ0) is 13.5. The molecule has 0 saturated carbocycles. The van der Waals surface area contributed by atoms with Crippen LogP contribution < -0.4 is 0 Å². The van der Waals surface area contributed by atoms with Gasteiger partial charge in [-0.2, -0.15) is 5.26 Å². The Morgan fingerprint density at radius 2 is 2.33 bits per heavy atom. The van der Waals surface area contributed by atoms with Crippen LogP contribution in [0.3, 0.4) is 0 Å². The molecule has 0 heterocycles. The van der Waals surface area contributed by atoms with E-state index in [1.807, 2.05) is 11.0 Å². The van der Waals surface area contributed by atoms with Crippen LogP contribution in [-0.2, 0) is 0 Å². The first-order chi connectivity index (χ1) is 8.54. The van der Waals surface area contributed by atoms with E-state index in [9.17, 15) is 15.2 Å². The summed E-state index contributed by atoms with van der Waals surface area (Å²) in [5.41, 5.74) is 0.472. The molecule has 0 aromatic heterocycles. The first-order valence-electron chi connectivity index (χ1n) is 5.52. The lowest BCUT2D eigenvalue weighted by atomic mass is 10.1. The van der Waals surface area contributed by atoms with E-state index in [-0.39, 0.29) is 5.69 Å². The number of aliphatic hydroxyl groups excluding tert-OH is 1. The standard InChI is InChI=1S/C12H15N3O3/c1-14(7-3-6-13)9-12(16)10-4-2-5-11(8-10)15(17)18/h2,4-5,8,12,16H,3,7,9H2,1H3. The molecule has 1 aromatic rings. The van der Waals surface area contributed by atoms with Crippen molar-refractivity contribution in [3.63, 3.8) is 0 Å². The fourth-order valence-corrected chi connectivity index (χ4v) is 1.58. The Kier molecular flexibility index (Phi) is 5.24. The van der Waals surface area contributed by atoms with Crippen molar-refractivity contribution in [2.45, 2.75) is 12.5 Å². The van der Waals surface area contributed by atoms with Crippen LogP contribution in [0.15, 0.2) is 24.3 Å². The highest BCUT2D eigenvalue weighted by Gasteiger charge is 2.14. The van der Waals surface area contributed by atoms with Gasteiger partial charge < -0.3 is 10.0 Å². The third-order valence-corrected chi connectivity index (χ3v) is 2.56. The van der Waals surface area contributed by atoms with Crippen molar-refractivity contribution in [3.8, 4) is 6.07 Å². The van der Waals surface area contributed by atoms with Gasteiger partial charge in [-0.25, -0.2) is 0 Å². The van der Waals surface area contributed by atoms with Gasteiger partial charge in [0.2, 0.25) is 0 Å². The van der Waals surface area contributed by atoms with Crippen LogP contribution in [0.5, 0.6) is 0 Å². The molecule has 18 heavy (non-hydrogen) atoms. The maximum Gasteiger partial charge on any atom is 0.269 e. The molecule has 0 radical (unpaired) electrons. The quantitative estimate of drug-likeness (QED) is 0.609. The van der Waals surface area contributed by atoms with Gasteiger partial charge in [0, 0.05) is 31.6 Å². The number of aliphatic hydroxyl groups is 1. The van der Waals surface area contributed by atoms with Crippen molar-refractivity contribution in [3.05, 3.63) is 39.9 Å². The molecule has 0 bridgehead atoms. The molecule has 96 valence electrons. The second kappa shape index (κ2) is 6.69. The third kappa shape index (κ3) is 4.13. The fourth-order valence-electron chi connectivity index (χ4n) is 1.58. The van der Waals surface area contributed by atoms with Crippen molar-refractivity contribution in [1.29, 1.82) is 5.26 Å². The minimum Gasteiger partial charge on any atom is -0.387 e. The molecule has 0 aliphatic heterocycles. The van der Waals surface area contributed by atoms with E-state index in [0.717, 1.165) is 0 Å². The van der Waals surface area contributed by atoms with E-state index < -0.39 is 11.0 Å². The van der Waals surface area contributed by atoms with Gasteiger partial charge >= 0.3 is 0 Å². The Morgan fingerprint density at radius 3 is 2.94 bits per heavy atom. The molecule has 1 aromatic carbocycles. The summed E-state index contributed by atoms with van der Waals surface area (Å²) >= 11 is 0. The van der Waals surface area contributed by atoms with Crippen LogP contribution in [0.25, 0.3) is 0 Å². The van der Waals surface area contributed by atoms with Gasteiger partial charge in [-0.3, -0.25) is 10.1 Å². The highest BCUT2D eigenvalue weighted by atomic mass is 16.6. The maximum absolute atomic E-state index is 10.6. The topological polar surface area (TPSA) is 90.4 Å². The molecule has 0 amide bonds. The summed E-state index contributed by atoms with van der Waals surface area (Å²) in [6, 6.07) is 7.97. The molecule has 0 aliphatic carbocycles. The Balaban J connectivity index is 2.66. The van der Waals surface area contributed by atoms with Gasteiger partial charge in [-0.1, -0.05) is 12.1 Å². The second-order valence-electron chi connectivity index (χ2n) is 4.04. The number of nitriles is 1. The van der Waals surface area contributed by atoms with Gasteiger partial charge in [0.1, 0.15) is 0 Å². The molecule has 0 spiro atoms. The molecule has 6 nitrogen and oxygen atoms in total. The van der Waals surface area contributed by atoms with Gasteiger partial charge in [-0.15, -0.1) is 0 Å². The van der Waals surface area contributed by atoms with Gasteiger partial charge in [0.15, 0.2) is 0 Å². The van der Waals surface area contributed by atoms with Crippen LogP contribution in [0.2, 0.25) is 0 Å². The highest BCUT2D eigenvalue weighted by molar-refractivity contribution is 5.35. The third-order valence-electron chi connectivity index (χ3n) is 2.56. The zero-order valence-corrected chi connectivity index (χ0v) is 10.1. The van der Waals surface area contributed by atoms with Gasteiger partial charge in [0.05, 0.1) is 17.1 Å². The van der Waals surface area contributed by atoms with Gasteiger partial charge in [0.25, 0.3) is 5.69 Å². The summed E-state index contributed by atoms with van der Waals surface area (Å²) in [6.07, 6.45) is -0.411. The lowest BCUT2D eigenvalue weighted by molar-refractivity contribution is -0.385. The Morgan fingerprint density at radius 1 is 1.61 bits per heavy atom. The highest BCUT2D eigenvalue weighted by Crippen LogP contribution is 2.19. The van der Waals surface area contributed by atoms with E-state index in [2.05, 4.69) is 0 Å². The number of hydrogen-bond acceptors (Lipinski definition) is 5. The van der Waals surface area contributed by atoms with E-state index in [1.54, 1.807) is 19.2 Å². The number of nitro benzene ring substituents is 1. The van der Waals surface area contributed by atoms with E-state index in [0.29, 0.717) is 25.1 Å². The minimum atomic E-state index is -0.798. The van der Waals surface area contributed by atoms with Crippen molar-refractivity contribution in [2.75, 3.05) is 20.1 Å². The fraction of sp³-hybridized carbons (Fsp3) is 0.417. The van der Waals surface area contributed by atoms with Crippen LogP contribution in [0.1, 0.15) is 18.1 Å². The molecule has 1 atom stereocenters. The SMILES string of the molecule is CN(CCC#N)CC(O)c1cccc([N+](=O)[O-])c1. The molecule has 1 unspecified atom stereocenters. The summed E-state index contributed by atoms with van der Waals surface area (Å²) in [5, 5.41) is 29.0. The molecular formula is C12H15N3O3.